The zero-order chi connectivity index (χ0) is 17.6. The molecule has 0 aromatic heterocycles. The number of carbonyl (C=O) groups is 1. The Balaban J connectivity index is 2.04. The smallest absolute Gasteiger partial charge is 0.247 e. The lowest BCUT2D eigenvalue weighted by atomic mass is 9.87. The Kier molecular flexibility index (Phi) is 3.97. The van der Waals surface area contributed by atoms with Gasteiger partial charge < -0.3 is 20.5 Å². The summed E-state index contributed by atoms with van der Waals surface area (Å²) in [7, 11) is 1.62. The number of nitrogens with zero attached hydrogens (tertiary/aromatic N) is 1. The maximum atomic E-state index is 12.4. The first-order valence-electron chi connectivity index (χ1n) is 7.88. The average Bonchev–Trinajstić information content (AvgIpc) is 2.57. The molecule has 1 heterocycles. The van der Waals surface area contributed by atoms with E-state index in [-0.39, 0.29) is 17.7 Å². The average molecular weight is 326 g/mol. The molecule has 2 aromatic rings. The summed E-state index contributed by atoms with van der Waals surface area (Å²) in [5.41, 5.74) is 10.5. The van der Waals surface area contributed by atoms with E-state index in [1.165, 1.54) is 0 Å². The zero-order valence-electron chi connectivity index (χ0n) is 14.3. The van der Waals surface area contributed by atoms with Gasteiger partial charge in [-0.1, -0.05) is 12.1 Å². The van der Waals surface area contributed by atoms with Crippen LogP contribution in [0, 0.1) is 20.8 Å². The first-order chi connectivity index (χ1) is 11.3. The van der Waals surface area contributed by atoms with Crippen molar-refractivity contribution >= 4 is 11.6 Å². The number of hydrogen-bond acceptors (Lipinski definition) is 4. The van der Waals surface area contributed by atoms with Gasteiger partial charge in [-0.2, -0.15) is 0 Å². The first kappa shape index (κ1) is 16.3. The number of amides is 1. The number of aromatic hydroxyl groups is 1. The van der Waals surface area contributed by atoms with Crippen molar-refractivity contribution in [3.05, 3.63) is 52.6 Å². The van der Waals surface area contributed by atoms with Crippen molar-refractivity contribution in [3.8, 4) is 11.5 Å². The molecule has 0 spiro atoms. The molecule has 2 atom stereocenters. The number of β-lactam (4-membered cyclic amide) rings is 1. The fourth-order valence-electron chi connectivity index (χ4n) is 3.13. The number of phenolic OH excluding ortho intramolecular Hbond substituents is 1. The van der Waals surface area contributed by atoms with E-state index in [9.17, 15) is 9.90 Å². The second kappa shape index (κ2) is 5.83. The van der Waals surface area contributed by atoms with Gasteiger partial charge in [0.1, 0.15) is 17.5 Å². The molecule has 3 N–H and O–H groups in total. The van der Waals surface area contributed by atoms with E-state index in [2.05, 4.69) is 0 Å². The largest absolute Gasteiger partial charge is 0.508 e. The SMILES string of the molecule is COc1cc(N2C(=O)[C@@H](N)[C@@H]2c2ccc(C)c(O)c2)cc(C)c1C. The molecule has 0 saturated carbocycles. The summed E-state index contributed by atoms with van der Waals surface area (Å²) < 4.78 is 5.41. The topological polar surface area (TPSA) is 75.8 Å². The van der Waals surface area contributed by atoms with Crippen LogP contribution < -0.4 is 15.4 Å². The third-order valence-electron chi connectivity index (χ3n) is 4.82. The number of hydrogen-bond donors (Lipinski definition) is 2. The molecule has 0 unspecified atom stereocenters. The summed E-state index contributed by atoms with van der Waals surface area (Å²) in [5, 5.41) is 9.98. The highest BCUT2D eigenvalue weighted by atomic mass is 16.5. The molecule has 1 amide bonds. The molecule has 2 aromatic carbocycles. The standard InChI is InChI=1S/C19H22N2O3/c1-10-5-6-13(8-15(10)22)18-17(20)19(23)21(18)14-7-11(2)12(3)16(9-14)24-4/h5-9,17-18,22H,20H2,1-4H3/t17-,18-/m0/s1. The minimum absolute atomic E-state index is 0.134. The van der Waals surface area contributed by atoms with Crippen molar-refractivity contribution < 1.29 is 14.6 Å². The summed E-state index contributed by atoms with van der Waals surface area (Å²) in [4.78, 5) is 14.1. The van der Waals surface area contributed by atoms with E-state index in [1.807, 2.05) is 45.0 Å². The van der Waals surface area contributed by atoms with Gasteiger partial charge >= 0.3 is 0 Å². The maximum Gasteiger partial charge on any atom is 0.247 e. The van der Waals surface area contributed by atoms with E-state index < -0.39 is 6.04 Å². The van der Waals surface area contributed by atoms with Gasteiger partial charge in [0.15, 0.2) is 0 Å². The highest BCUT2D eigenvalue weighted by molar-refractivity contribution is 6.06. The Labute approximate surface area is 141 Å². The molecule has 24 heavy (non-hydrogen) atoms. The molecule has 1 saturated heterocycles. The lowest BCUT2D eigenvalue weighted by Gasteiger charge is -2.46. The van der Waals surface area contributed by atoms with Crippen molar-refractivity contribution in [1.29, 1.82) is 0 Å². The van der Waals surface area contributed by atoms with Gasteiger partial charge in [-0.15, -0.1) is 0 Å². The molecule has 0 aliphatic carbocycles. The van der Waals surface area contributed by atoms with Crippen LogP contribution >= 0.6 is 0 Å². The fraction of sp³-hybridized carbons (Fsp3) is 0.316. The van der Waals surface area contributed by atoms with E-state index in [0.29, 0.717) is 0 Å². The van der Waals surface area contributed by atoms with Gasteiger partial charge in [0, 0.05) is 11.8 Å². The Hall–Kier alpha value is -2.53. The lowest BCUT2D eigenvalue weighted by Crippen LogP contribution is -2.63. The highest BCUT2D eigenvalue weighted by Gasteiger charge is 2.47. The number of benzene rings is 2. The van der Waals surface area contributed by atoms with Gasteiger partial charge in [0.25, 0.3) is 0 Å². The normalized spacial score (nSPS) is 20.0. The van der Waals surface area contributed by atoms with Crippen molar-refractivity contribution in [1.82, 2.24) is 0 Å². The minimum atomic E-state index is -0.611. The maximum absolute atomic E-state index is 12.4. The van der Waals surface area contributed by atoms with Crippen LogP contribution in [0.1, 0.15) is 28.3 Å². The van der Waals surface area contributed by atoms with Gasteiger partial charge in [-0.05, 0) is 55.2 Å². The molecule has 1 fully saturated rings. The molecule has 3 rings (SSSR count). The van der Waals surface area contributed by atoms with Crippen LogP contribution in [0.15, 0.2) is 30.3 Å². The third-order valence-corrected chi connectivity index (χ3v) is 4.82. The number of carbonyl (C=O) groups excluding carboxylic acids is 1. The quantitative estimate of drug-likeness (QED) is 0.851. The summed E-state index contributed by atoms with van der Waals surface area (Å²) >= 11 is 0. The van der Waals surface area contributed by atoms with Crippen molar-refractivity contribution in [2.24, 2.45) is 5.73 Å². The number of aryl methyl sites for hydroxylation is 2. The second-order valence-corrected chi connectivity index (χ2v) is 6.31. The van der Waals surface area contributed by atoms with E-state index in [0.717, 1.165) is 33.7 Å². The van der Waals surface area contributed by atoms with Crippen LogP contribution in [-0.2, 0) is 4.79 Å². The molecule has 1 aliphatic rings. The highest BCUT2D eigenvalue weighted by Crippen LogP contribution is 2.41. The van der Waals surface area contributed by atoms with Crippen molar-refractivity contribution in [3.63, 3.8) is 0 Å². The second-order valence-electron chi connectivity index (χ2n) is 6.31. The number of methoxy groups -OCH3 is 1. The molecule has 5 nitrogen and oxygen atoms in total. The summed E-state index contributed by atoms with van der Waals surface area (Å²) in [6.07, 6.45) is 0. The zero-order valence-corrected chi connectivity index (χ0v) is 14.3. The monoisotopic (exact) mass is 326 g/mol. The van der Waals surface area contributed by atoms with E-state index in [4.69, 9.17) is 10.5 Å². The Morgan fingerprint density at radius 3 is 2.46 bits per heavy atom. The van der Waals surface area contributed by atoms with Crippen LogP contribution in [0.4, 0.5) is 5.69 Å². The predicted octanol–water partition coefficient (Wildman–Crippen LogP) is 2.74. The van der Waals surface area contributed by atoms with Crippen LogP contribution in [0.3, 0.4) is 0 Å². The first-order valence-corrected chi connectivity index (χ1v) is 7.88. The van der Waals surface area contributed by atoms with Gasteiger partial charge in [0.2, 0.25) is 5.91 Å². The molecular weight excluding hydrogens is 304 g/mol. The summed E-state index contributed by atoms with van der Waals surface area (Å²) in [5.74, 6) is 0.811. The number of rotatable bonds is 3. The third kappa shape index (κ3) is 2.41. The van der Waals surface area contributed by atoms with E-state index >= 15 is 0 Å². The molecular formula is C19H22N2O3. The van der Waals surface area contributed by atoms with Crippen molar-refractivity contribution in [2.45, 2.75) is 32.9 Å². The summed E-state index contributed by atoms with van der Waals surface area (Å²) in [6, 6.07) is 8.32. The predicted molar refractivity (Wildman–Crippen MR) is 93.5 cm³/mol. The van der Waals surface area contributed by atoms with E-state index in [1.54, 1.807) is 18.1 Å². The number of phenols is 1. The molecule has 0 radical (unpaired) electrons. The lowest BCUT2D eigenvalue weighted by molar-refractivity contribution is -0.126. The minimum Gasteiger partial charge on any atom is -0.508 e. The van der Waals surface area contributed by atoms with Crippen LogP contribution in [-0.4, -0.2) is 24.2 Å². The Morgan fingerprint density at radius 1 is 1.12 bits per heavy atom. The number of ether oxygens (including phenoxy) is 1. The molecule has 1 aliphatic heterocycles. The van der Waals surface area contributed by atoms with Crippen LogP contribution in [0.5, 0.6) is 11.5 Å². The molecule has 0 bridgehead atoms. The fourth-order valence-corrected chi connectivity index (χ4v) is 3.13. The Morgan fingerprint density at radius 2 is 1.83 bits per heavy atom. The van der Waals surface area contributed by atoms with Crippen molar-refractivity contribution in [2.75, 3.05) is 12.0 Å². The Bertz CT molecular complexity index is 816. The van der Waals surface area contributed by atoms with Crippen LogP contribution in [0.2, 0.25) is 0 Å². The van der Waals surface area contributed by atoms with Gasteiger partial charge in [-0.3, -0.25) is 4.79 Å². The van der Waals surface area contributed by atoms with Gasteiger partial charge in [0.05, 0.1) is 13.2 Å². The van der Waals surface area contributed by atoms with Gasteiger partial charge in [-0.25, -0.2) is 0 Å². The molecule has 126 valence electrons. The number of anilines is 1. The van der Waals surface area contributed by atoms with Crippen LogP contribution in [0.25, 0.3) is 0 Å². The summed E-state index contributed by atoms with van der Waals surface area (Å²) in [6.45, 7) is 5.80. The molecule has 5 heteroatoms. The number of nitrogens with two attached hydrogens (primary N) is 1.